The summed E-state index contributed by atoms with van der Waals surface area (Å²) in [4.78, 5) is 11.4. The molecule has 0 aliphatic carbocycles. The Morgan fingerprint density at radius 1 is 1.36 bits per heavy atom. The smallest absolute Gasteiger partial charge is 0.247 e. The van der Waals surface area contributed by atoms with E-state index in [4.69, 9.17) is 10.2 Å². The zero-order valence-electron chi connectivity index (χ0n) is 13.0. The molecule has 2 rings (SSSR count). The Morgan fingerprint density at radius 2 is 2.18 bits per heavy atom. The molecule has 0 spiro atoms. The predicted molar refractivity (Wildman–Crippen MR) is 83.9 cm³/mol. The van der Waals surface area contributed by atoms with Crippen LogP contribution in [-0.2, 0) is 4.79 Å². The normalized spacial score (nSPS) is 12.1. The van der Waals surface area contributed by atoms with Gasteiger partial charge in [-0.05, 0) is 44.9 Å². The fourth-order valence-electron chi connectivity index (χ4n) is 2.27. The van der Waals surface area contributed by atoms with Crippen LogP contribution in [0, 0.1) is 6.92 Å². The third-order valence-corrected chi connectivity index (χ3v) is 3.33. The van der Waals surface area contributed by atoms with Crippen LogP contribution in [0.25, 0.3) is 11.5 Å². The summed E-state index contributed by atoms with van der Waals surface area (Å²) in [6.45, 7) is 4.12. The van der Waals surface area contributed by atoms with Crippen LogP contribution in [0.3, 0.4) is 0 Å². The minimum absolute atomic E-state index is 0.118. The molecule has 0 saturated heterocycles. The molecule has 2 aromatic rings. The molecule has 0 radical (unpaired) electrons. The summed E-state index contributed by atoms with van der Waals surface area (Å²) in [5, 5.41) is 11.0. The summed E-state index contributed by atoms with van der Waals surface area (Å²) < 4.78 is 5.75. The van der Waals surface area contributed by atoms with Crippen molar-refractivity contribution in [3.8, 4) is 11.5 Å². The lowest BCUT2D eigenvalue weighted by Gasteiger charge is -2.13. The maximum absolute atomic E-state index is 11.4. The van der Waals surface area contributed by atoms with Crippen LogP contribution in [0.1, 0.15) is 43.7 Å². The van der Waals surface area contributed by atoms with E-state index in [0.717, 1.165) is 30.4 Å². The van der Waals surface area contributed by atoms with Gasteiger partial charge in [0, 0.05) is 12.5 Å². The monoisotopic (exact) mass is 302 g/mol. The third kappa shape index (κ3) is 4.39. The first-order valence-corrected chi connectivity index (χ1v) is 7.47. The molecule has 3 N–H and O–H groups in total. The van der Waals surface area contributed by atoms with E-state index in [2.05, 4.69) is 15.5 Å². The van der Waals surface area contributed by atoms with E-state index in [-0.39, 0.29) is 11.9 Å². The van der Waals surface area contributed by atoms with Gasteiger partial charge < -0.3 is 15.5 Å². The largest absolute Gasteiger partial charge is 0.418 e. The van der Waals surface area contributed by atoms with Gasteiger partial charge in [-0.2, -0.15) is 0 Å². The molecule has 1 amide bonds. The molecule has 22 heavy (non-hydrogen) atoms. The molecule has 6 heteroatoms. The van der Waals surface area contributed by atoms with E-state index >= 15 is 0 Å². The number of amides is 1. The van der Waals surface area contributed by atoms with E-state index in [1.807, 2.05) is 31.2 Å². The van der Waals surface area contributed by atoms with Gasteiger partial charge >= 0.3 is 0 Å². The Bertz CT molecular complexity index is 624. The lowest BCUT2D eigenvalue weighted by molar-refractivity contribution is -0.119. The molecule has 118 valence electrons. The van der Waals surface area contributed by atoms with Crippen LogP contribution in [-0.4, -0.2) is 22.6 Å². The molecule has 1 aromatic carbocycles. The van der Waals surface area contributed by atoms with Gasteiger partial charge in [0.2, 0.25) is 17.7 Å². The van der Waals surface area contributed by atoms with Crippen LogP contribution in [0.2, 0.25) is 0 Å². The van der Waals surface area contributed by atoms with Crippen molar-refractivity contribution in [3.05, 3.63) is 35.7 Å². The molecule has 0 aliphatic heterocycles. The van der Waals surface area contributed by atoms with Crippen molar-refractivity contribution in [2.45, 2.75) is 39.2 Å². The van der Waals surface area contributed by atoms with Crippen molar-refractivity contribution in [2.24, 2.45) is 5.73 Å². The van der Waals surface area contributed by atoms with Gasteiger partial charge in [-0.15, -0.1) is 10.2 Å². The topological polar surface area (TPSA) is 94.0 Å². The van der Waals surface area contributed by atoms with Crippen molar-refractivity contribution in [1.82, 2.24) is 15.5 Å². The lowest BCUT2D eigenvalue weighted by Crippen LogP contribution is -2.26. The molecule has 0 aliphatic rings. The van der Waals surface area contributed by atoms with E-state index < -0.39 is 0 Å². The van der Waals surface area contributed by atoms with Crippen molar-refractivity contribution in [2.75, 3.05) is 6.54 Å². The molecule has 0 fully saturated rings. The molecular weight excluding hydrogens is 280 g/mol. The second kappa shape index (κ2) is 7.70. The van der Waals surface area contributed by atoms with Gasteiger partial charge in [0.15, 0.2) is 0 Å². The van der Waals surface area contributed by atoms with E-state index in [0.29, 0.717) is 18.3 Å². The Labute approximate surface area is 130 Å². The lowest BCUT2D eigenvalue weighted by atomic mass is 10.1. The highest BCUT2D eigenvalue weighted by atomic mass is 16.4. The Hall–Kier alpha value is -2.21. The Morgan fingerprint density at radius 3 is 2.86 bits per heavy atom. The summed E-state index contributed by atoms with van der Waals surface area (Å²) in [5.74, 6) is 0.782. The molecule has 0 saturated carbocycles. The van der Waals surface area contributed by atoms with E-state index in [1.165, 1.54) is 6.92 Å². The van der Waals surface area contributed by atoms with Crippen molar-refractivity contribution in [1.29, 1.82) is 0 Å². The number of benzene rings is 1. The summed E-state index contributed by atoms with van der Waals surface area (Å²) >= 11 is 0. The number of carbonyl (C=O) groups is 1. The summed E-state index contributed by atoms with van der Waals surface area (Å²) in [6, 6.07) is 7.59. The zero-order valence-corrected chi connectivity index (χ0v) is 13.0. The van der Waals surface area contributed by atoms with Gasteiger partial charge in [0.05, 0.1) is 0 Å². The number of rotatable bonds is 7. The highest BCUT2D eigenvalue weighted by molar-refractivity contribution is 5.73. The van der Waals surface area contributed by atoms with E-state index in [9.17, 15) is 4.79 Å². The van der Waals surface area contributed by atoms with Gasteiger partial charge in [-0.1, -0.05) is 17.7 Å². The number of aromatic nitrogens is 2. The second-order valence-corrected chi connectivity index (χ2v) is 5.35. The molecule has 0 unspecified atom stereocenters. The maximum atomic E-state index is 11.4. The molecule has 1 aromatic heterocycles. The second-order valence-electron chi connectivity index (χ2n) is 5.35. The molecule has 1 atom stereocenters. The number of nitrogens with two attached hydrogens (primary N) is 1. The first kappa shape index (κ1) is 16.2. The quantitative estimate of drug-likeness (QED) is 0.766. The number of aryl methyl sites for hydroxylation is 1. The first-order valence-electron chi connectivity index (χ1n) is 7.47. The maximum Gasteiger partial charge on any atom is 0.247 e. The average Bonchev–Trinajstić information content (AvgIpc) is 2.96. The first-order chi connectivity index (χ1) is 10.6. The van der Waals surface area contributed by atoms with Crippen molar-refractivity contribution >= 4 is 5.91 Å². The Balaban J connectivity index is 2.16. The number of nitrogens with zero attached hydrogens (tertiary/aromatic N) is 2. The van der Waals surface area contributed by atoms with Gasteiger partial charge in [0.1, 0.15) is 6.04 Å². The van der Waals surface area contributed by atoms with Gasteiger partial charge in [-0.25, -0.2) is 0 Å². The third-order valence-electron chi connectivity index (χ3n) is 3.33. The number of hydrogen-bond acceptors (Lipinski definition) is 5. The Kier molecular flexibility index (Phi) is 5.66. The van der Waals surface area contributed by atoms with Crippen LogP contribution in [0.5, 0.6) is 0 Å². The zero-order chi connectivity index (χ0) is 15.9. The van der Waals surface area contributed by atoms with Crippen LogP contribution in [0.4, 0.5) is 0 Å². The fraction of sp³-hybridized carbons (Fsp3) is 0.438. The minimum Gasteiger partial charge on any atom is -0.418 e. The summed E-state index contributed by atoms with van der Waals surface area (Å²) in [7, 11) is 0. The number of hydrogen-bond donors (Lipinski definition) is 2. The molecular formula is C16H22N4O2. The molecule has 1 heterocycles. The summed E-state index contributed by atoms with van der Waals surface area (Å²) in [5.41, 5.74) is 7.51. The van der Waals surface area contributed by atoms with Gasteiger partial charge in [-0.3, -0.25) is 4.79 Å². The predicted octanol–water partition coefficient (Wildman–Crippen LogP) is 2.35. The number of unbranched alkanes of at least 4 members (excludes halogenated alkanes) is 1. The number of nitrogens with one attached hydrogen (secondary N) is 1. The van der Waals surface area contributed by atoms with Crippen LogP contribution >= 0.6 is 0 Å². The number of carbonyl (C=O) groups excluding carboxylic acids is 1. The van der Waals surface area contributed by atoms with Crippen molar-refractivity contribution < 1.29 is 9.21 Å². The van der Waals surface area contributed by atoms with Crippen LogP contribution < -0.4 is 11.1 Å². The van der Waals surface area contributed by atoms with Crippen molar-refractivity contribution in [3.63, 3.8) is 0 Å². The fourth-order valence-corrected chi connectivity index (χ4v) is 2.27. The minimum atomic E-state index is -0.268. The van der Waals surface area contributed by atoms with E-state index in [1.54, 1.807) is 0 Å². The molecule has 6 nitrogen and oxygen atoms in total. The van der Waals surface area contributed by atoms with Gasteiger partial charge in [0.25, 0.3) is 0 Å². The standard InChI is InChI=1S/C16H22N4O2/c1-11-6-5-7-13(10-11)15-19-20-16(22-15)14(18-12(2)21)8-3-4-9-17/h5-7,10,14H,3-4,8-9,17H2,1-2H3,(H,18,21)/t14-/m0/s1. The molecule has 0 bridgehead atoms. The SMILES string of the molecule is CC(=O)N[C@@H](CCCCN)c1nnc(-c2cccc(C)c2)o1. The highest BCUT2D eigenvalue weighted by Crippen LogP contribution is 2.24. The highest BCUT2D eigenvalue weighted by Gasteiger charge is 2.20. The summed E-state index contributed by atoms with van der Waals surface area (Å²) in [6.07, 6.45) is 2.52. The average molecular weight is 302 g/mol. The van der Waals surface area contributed by atoms with Crippen LogP contribution in [0.15, 0.2) is 28.7 Å².